The number of nitrogens with one attached hydrogen (secondary N) is 1. The average molecular weight is 426 g/mol. The minimum Gasteiger partial charge on any atom is -0.462 e. The summed E-state index contributed by atoms with van der Waals surface area (Å²) in [6.07, 6.45) is -0.0204. The van der Waals surface area contributed by atoms with Gasteiger partial charge in [-0.3, -0.25) is 9.59 Å². The molecule has 30 heavy (non-hydrogen) atoms. The zero-order valence-electron chi connectivity index (χ0n) is 17.0. The summed E-state index contributed by atoms with van der Waals surface area (Å²) in [4.78, 5) is 44.0. The number of hydrogen-bond donors (Lipinski definition) is 1. The van der Waals surface area contributed by atoms with Gasteiger partial charge in [-0.1, -0.05) is 30.3 Å². The van der Waals surface area contributed by atoms with Crippen molar-refractivity contribution in [2.45, 2.75) is 27.2 Å². The van der Waals surface area contributed by atoms with Gasteiger partial charge in [0.2, 0.25) is 5.78 Å². The van der Waals surface area contributed by atoms with Crippen molar-refractivity contribution in [2.24, 2.45) is 0 Å². The molecule has 3 aromatic rings. The van der Waals surface area contributed by atoms with Gasteiger partial charge in [0.25, 0.3) is 0 Å². The van der Waals surface area contributed by atoms with Crippen LogP contribution in [0.1, 0.15) is 44.7 Å². The predicted octanol–water partition coefficient (Wildman–Crippen LogP) is 3.90. The lowest BCUT2D eigenvalue weighted by atomic mass is 10.1. The fraction of sp³-hybridized carbons (Fsp3) is 0.273. The van der Waals surface area contributed by atoms with Crippen molar-refractivity contribution in [1.29, 1.82) is 0 Å². The van der Waals surface area contributed by atoms with E-state index < -0.39 is 24.3 Å². The quantitative estimate of drug-likeness (QED) is 0.433. The van der Waals surface area contributed by atoms with Gasteiger partial charge in [-0.15, -0.1) is 11.3 Å². The van der Waals surface area contributed by atoms with Crippen LogP contribution in [0.15, 0.2) is 35.7 Å². The van der Waals surface area contributed by atoms with Gasteiger partial charge in [-0.05, 0) is 26.3 Å². The largest absolute Gasteiger partial charge is 0.462 e. The van der Waals surface area contributed by atoms with Crippen LogP contribution >= 0.6 is 11.3 Å². The maximum Gasteiger partial charge on any atom is 0.340 e. The zero-order valence-corrected chi connectivity index (χ0v) is 17.8. The van der Waals surface area contributed by atoms with Gasteiger partial charge in [0.15, 0.2) is 6.61 Å². The van der Waals surface area contributed by atoms with Crippen molar-refractivity contribution < 1.29 is 23.9 Å². The first-order valence-corrected chi connectivity index (χ1v) is 10.3. The third-order valence-corrected chi connectivity index (χ3v) is 5.40. The molecule has 2 aromatic heterocycles. The van der Waals surface area contributed by atoms with Crippen molar-refractivity contribution in [1.82, 2.24) is 9.97 Å². The van der Waals surface area contributed by atoms with Gasteiger partial charge in [0.05, 0.1) is 30.0 Å². The minimum absolute atomic E-state index is 0.0204. The van der Waals surface area contributed by atoms with E-state index in [9.17, 15) is 14.4 Å². The molecule has 0 aliphatic heterocycles. The number of aromatic nitrogens is 2. The molecule has 1 aromatic carbocycles. The molecule has 3 rings (SSSR count). The van der Waals surface area contributed by atoms with Crippen molar-refractivity contribution in [3.8, 4) is 10.6 Å². The van der Waals surface area contributed by atoms with E-state index >= 15 is 0 Å². The van der Waals surface area contributed by atoms with Gasteiger partial charge in [0.1, 0.15) is 5.01 Å². The maximum absolute atomic E-state index is 12.5. The summed E-state index contributed by atoms with van der Waals surface area (Å²) in [6, 6.07) is 9.67. The highest BCUT2D eigenvalue weighted by molar-refractivity contribution is 7.13. The van der Waals surface area contributed by atoms with Gasteiger partial charge >= 0.3 is 11.9 Å². The van der Waals surface area contributed by atoms with Crippen molar-refractivity contribution in [2.75, 3.05) is 13.2 Å². The highest BCUT2D eigenvalue weighted by Gasteiger charge is 2.23. The Bertz CT molecular complexity index is 1070. The van der Waals surface area contributed by atoms with E-state index in [0.29, 0.717) is 22.5 Å². The number of Topliss-reactive ketones (excluding diaryl/α,β-unsaturated/α-hetero) is 1. The Labute approximate surface area is 178 Å². The molecule has 7 nitrogen and oxygen atoms in total. The molecule has 0 bridgehead atoms. The molecule has 0 fully saturated rings. The van der Waals surface area contributed by atoms with Crippen LogP contribution in [-0.4, -0.2) is 40.9 Å². The molecule has 8 heteroatoms. The zero-order chi connectivity index (χ0) is 21.7. The fourth-order valence-electron chi connectivity index (χ4n) is 3.06. The number of benzene rings is 1. The van der Waals surface area contributed by atoms with E-state index in [2.05, 4.69) is 9.97 Å². The maximum atomic E-state index is 12.5. The predicted molar refractivity (Wildman–Crippen MR) is 113 cm³/mol. The Balaban J connectivity index is 1.59. The Kier molecular flexibility index (Phi) is 6.79. The lowest BCUT2D eigenvalue weighted by Crippen LogP contribution is -2.17. The SMILES string of the molecule is CCOC(=O)c1c(C)[nH]c(C(=O)COC(=O)Cc2csc(-c3ccccc3)n2)c1C. The minimum atomic E-state index is -0.542. The van der Waals surface area contributed by atoms with Crippen LogP contribution in [-0.2, 0) is 20.7 Å². The smallest absolute Gasteiger partial charge is 0.340 e. The molecule has 156 valence electrons. The van der Waals surface area contributed by atoms with Crippen LogP contribution in [0.25, 0.3) is 10.6 Å². The van der Waals surface area contributed by atoms with E-state index in [-0.39, 0.29) is 18.7 Å². The van der Waals surface area contributed by atoms with Gasteiger partial charge in [-0.2, -0.15) is 0 Å². The molecule has 0 spiro atoms. The molecule has 0 unspecified atom stereocenters. The topological polar surface area (TPSA) is 98.4 Å². The number of ether oxygens (including phenoxy) is 2. The molecule has 0 atom stereocenters. The highest BCUT2D eigenvalue weighted by atomic mass is 32.1. The van der Waals surface area contributed by atoms with E-state index in [0.717, 1.165) is 10.6 Å². The molecule has 0 amide bonds. The number of carbonyl (C=O) groups excluding carboxylic acids is 3. The van der Waals surface area contributed by atoms with Crippen LogP contribution in [0.5, 0.6) is 0 Å². The van der Waals surface area contributed by atoms with Crippen molar-refractivity contribution >= 4 is 29.1 Å². The summed E-state index contributed by atoms with van der Waals surface area (Å²) < 4.78 is 10.1. The number of carbonyl (C=O) groups is 3. The van der Waals surface area contributed by atoms with Gasteiger partial charge in [-0.25, -0.2) is 9.78 Å². The third-order valence-electron chi connectivity index (χ3n) is 4.46. The van der Waals surface area contributed by atoms with Crippen LogP contribution in [0.2, 0.25) is 0 Å². The Hall–Kier alpha value is -3.26. The van der Waals surface area contributed by atoms with Crippen LogP contribution in [0.3, 0.4) is 0 Å². The van der Waals surface area contributed by atoms with Gasteiger partial charge < -0.3 is 14.5 Å². The Morgan fingerprint density at radius 2 is 1.83 bits per heavy atom. The van der Waals surface area contributed by atoms with Crippen molar-refractivity contribution in [3.05, 3.63) is 63.9 Å². The summed E-state index contributed by atoms with van der Waals surface area (Å²) in [5.41, 5.74) is 3.17. The normalized spacial score (nSPS) is 10.6. The van der Waals surface area contributed by atoms with Gasteiger partial charge in [0, 0.05) is 16.6 Å². The lowest BCUT2D eigenvalue weighted by molar-refractivity contribution is -0.141. The number of nitrogens with zero attached hydrogens (tertiary/aromatic N) is 1. The molecular formula is C22H22N2O5S. The molecule has 0 saturated carbocycles. The van der Waals surface area contributed by atoms with E-state index in [1.54, 1.807) is 26.2 Å². The highest BCUT2D eigenvalue weighted by Crippen LogP contribution is 2.23. The fourth-order valence-corrected chi connectivity index (χ4v) is 3.88. The molecule has 2 heterocycles. The van der Waals surface area contributed by atoms with E-state index in [1.807, 2.05) is 30.3 Å². The Morgan fingerprint density at radius 1 is 1.10 bits per heavy atom. The molecule has 0 aliphatic rings. The monoisotopic (exact) mass is 426 g/mol. The number of rotatable bonds is 8. The number of thiazole rings is 1. The molecular weight excluding hydrogens is 404 g/mol. The first kappa shape index (κ1) is 21.4. The molecule has 0 aliphatic carbocycles. The Morgan fingerprint density at radius 3 is 2.53 bits per heavy atom. The molecule has 0 radical (unpaired) electrons. The van der Waals surface area contributed by atoms with Crippen LogP contribution in [0.4, 0.5) is 0 Å². The summed E-state index contributed by atoms with van der Waals surface area (Å²) in [5, 5.41) is 2.62. The van der Waals surface area contributed by atoms with Crippen LogP contribution in [0, 0.1) is 13.8 Å². The summed E-state index contributed by atoms with van der Waals surface area (Å²) in [6.45, 7) is 4.88. The first-order chi connectivity index (χ1) is 14.4. The number of hydrogen-bond acceptors (Lipinski definition) is 7. The summed E-state index contributed by atoms with van der Waals surface area (Å²) in [7, 11) is 0. The second-order valence-electron chi connectivity index (χ2n) is 6.62. The second-order valence-corrected chi connectivity index (χ2v) is 7.47. The number of ketones is 1. The molecule has 1 N–H and O–H groups in total. The molecule has 0 saturated heterocycles. The average Bonchev–Trinajstić information content (AvgIpc) is 3.31. The summed E-state index contributed by atoms with van der Waals surface area (Å²) >= 11 is 1.44. The third kappa shape index (κ3) is 4.83. The van der Waals surface area contributed by atoms with E-state index in [1.165, 1.54) is 11.3 Å². The van der Waals surface area contributed by atoms with Crippen molar-refractivity contribution in [3.63, 3.8) is 0 Å². The van der Waals surface area contributed by atoms with E-state index in [4.69, 9.17) is 9.47 Å². The summed E-state index contributed by atoms with van der Waals surface area (Å²) in [5.74, 6) is -1.44. The number of aryl methyl sites for hydroxylation is 1. The first-order valence-electron chi connectivity index (χ1n) is 9.45. The number of esters is 2. The second kappa shape index (κ2) is 9.49. The number of H-pyrrole nitrogens is 1. The lowest BCUT2D eigenvalue weighted by Gasteiger charge is -2.04. The number of aromatic amines is 1. The van der Waals surface area contributed by atoms with Crippen LogP contribution < -0.4 is 0 Å². The standard InChI is InChI=1S/C22H22N2O5S/c1-4-28-22(27)19-13(2)20(23-14(19)3)17(25)11-29-18(26)10-16-12-30-21(24-16)15-8-6-5-7-9-15/h5-9,12,23H,4,10-11H2,1-3H3.